The van der Waals surface area contributed by atoms with Crippen LogP contribution in [-0.2, 0) is 30.8 Å². The van der Waals surface area contributed by atoms with Crippen molar-refractivity contribution in [3.63, 3.8) is 0 Å². The third kappa shape index (κ3) is 5.39. The van der Waals surface area contributed by atoms with Crippen LogP contribution in [0, 0.1) is 13.8 Å². The number of nitrogens with zero attached hydrogens (tertiary/aromatic N) is 2. The lowest BCUT2D eigenvalue weighted by molar-refractivity contribution is -0.129. The SMILES string of the molecule is Cc1nc(CCn2ccc(C)c(C(O)C(=O)NCc3cc(Cl)ccc3CN)c2=O)c(Cl)o1. The number of rotatable bonds is 8. The Bertz CT molecular complexity index is 1190. The van der Waals surface area contributed by atoms with Crippen molar-refractivity contribution in [3.05, 3.63) is 84.9 Å². The minimum atomic E-state index is -1.63. The van der Waals surface area contributed by atoms with Crippen LogP contribution in [0.15, 0.2) is 39.7 Å². The Kier molecular flexibility index (Phi) is 7.73. The molecule has 1 atom stereocenters. The number of benzene rings is 1. The Morgan fingerprint density at radius 1 is 1.28 bits per heavy atom. The monoisotopic (exact) mass is 478 g/mol. The average Bonchev–Trinajstić information content (AvgIpc) is 3.08. The number of aromatic nitrogens is 2. The van der Waals surface area contributed by atoms with E-state index >= 15 is 0 Å². The van der Waals surface area contributed by atoms with Crippen LogP contribution in [0.25, 0.3) is 0 Å². The molecule has 0 fully saturated rings. The molecule has 0 saturated carbocycles. The molecular weight excluding hydrogens is 455 g/mol. The van der Waals surface area contributed by atoms with Gasteiger partial charge in [0, 0.05) is 44.2 Å². The third-order valence-electron chi connectivity index (χ3n) is 5.13. The van der Waals surface area contributed by atoms with Gasteiger partial charge >= 0.3 is 0 Å². The molecule has 0 spiro atoms. The third-order valence-corrected chi connectivity index (χ3v) is 5.66. The highest BCUT2D eigenvalue weighted by atomic mass is 35.5. The molecule has 0 aliphatic rings. The zero-order valence-electron chi connectivity index (χ0n) is 17.7. The highest BCUT2D eigenvalue weighted by Gasteiger charge is 2.24. The van der Waals surface area contributed by atoms with Crippen molar-refractivity contribution in [2.24, 2.45) is 5.73 Å². The van der Waals surface area contributed by atoms with Crippen molar-refractivity contribution in [3.8, 4) is 0 Å². The van der Waals surface area contributed by atoms with Crippen molar-refractivity contribution in [1.82, 2.24) is 14.9 Å². The van der Waals surface area contributed by atoms with Crippen molar-refractivity contribution in [1.29, 1.82) is 0 Å². The van der Waals surface area contributed by atoms with Crippen LogP contribution in [0.1, 0.15) is 39.9 Å². The van der Waals surface area contributed by atoms with E-state index in [-0.39, 0.29) is 30.4 Å². The van der Waals surface area contributed by atoms with Crippen LogP contribution in [0.4, 0.5) is 0 Å². The highest BCUT2D eigenvalue weighted by molar-refractivity contribution is 6.30. The molecule has 0 saturated heterocycles. The van der Waals surface area contributed by atoms with Gasteiger partial charge in [-0.25, -0.2) is 4.98 Å². The van der Waals surface area contributed by atoms with Gasteiger partial charge in [0.05, 0.1) is 5.56 Å². The number of pyridine rings is 1. The van der Waals surface area contributed by atoms with Crippen LogP contribution in [0.3, 0.4) is 0 Å². The number of hydrogen-bond donors (Lipinski definition) is 3. The number of nitrogens with one attached hydrogen (secondary N) is 1. The summed E-state index contributed by atoms with van der Waals surface area (Å²) in [6.07, 6.45) is 0.331. The van der Waals surface area contributed by atoms with E-state index in [9.17, 15) is 14.7 Å². The number of carbonyl (C=O) groups is 1. The summed E-state index contributed by atoms with van der Waals surface area (Å²) in [6, 6.07) is 6.87. The Hall–Kier alpha value is -2.65. The second-order valence-electron chi connectivity index (χ2n) is 7.35. The Balaban J connectivity index is 1.75. The summed E-state index contributed by atoms with van der Waals surface area (Å²) in [4.78, 5) is 29.8. The maximum absolute atomic E-state index is 13.0. The fraction of sp³-hybridized carbons (Fsp3) is 0.318. The first-order valence-corrected chi connectivity index (χ1v) is 10.7. The number of nitrogens with two attached hydrogens (primary N) is 1. The van der Waals surface area contributed by atoms with E-state index < -0.39 is 17.6 Å². The minimum Gasteiger partial charge on any atom is -0.429 e. The second kappa shape index (κ2) is 10.3. The largest absolute Gasteiger partial charge is 0.429 e. The Labute approximate surface area is 195 Å². The zero-order chi connectivity index (χ0) is 23.4. The quantitative estimate of drug-likeness (QED) is 0.457. The summed E-state index contributed by atoms with van der Waals surface area (Å²) in [6.45, 7) is 4.00. The van der Waals surface area contributed by atoms with E-state index in [4.69, 9.17) is 33.4 Å². The van der Waals surface area contributed by atoms with Crippen LogP contribution < -0.4 is 16.6 Å². The van der Waals surface area contributed by atoms with Crippen LogP contribution in [0.2, 0.25) is 10.2 Å². The number of halogens is 2. The van der Waals surface area contributed by atoms with E-state index in [0.717, 1.165) is 11.1 Å². The first kappa shape index (κ1) is 24.0. The van der Waals surface area contributed by atoms with Gasteiger partial charge in [0.15, 0.2) is 12.0 Å². The molecule has 3 aromatic rings. The molecule has 4 N–H and O–H groups in total. The van der Waals surface area contributed by atoms with Crippen molar-refractivity contribution in [2.75, 3.05) is 0 Å². The highest BCUT2D eigenvalue weighted by Crippen LogP contribution is 2.19. The Morgan fingerprint density at radius 3 is 2.69 bits per heavy atom. The molecule has 0 bridgehead atoms. The van der Waals surface area contributed by atoms with Crippen molar-refractivity contribution in [2.45, 2.75) is 46.0 Å². The molecule has 8 nitrogen and oxygen atoms in total. The van der Waals surface area contributed by atoms with Crippen LogP contribution in [0.5, 0.6) is 0 Å². The maximum atomic E-state index is 13.0. The van der Waals surface area contributed by atoms with Gasteiger partial charge in [-0.3, -0.25) is 9.59 Å². The smallest absolute Gasteiger partial charge is 0.257 e. The summed E-state index contributed by atoms with van der Waals surface area (Å²) >= 11 is 12.0. The molecule has 1 unspecified atom stereocenters. The molecule has 2 aromatic heterocycles. The number of oxazole rings is 1. The summed E-state index contributed by atoms with van der Waals surface area (Å²) in [5.41, 5.74) is 7.88. The standard InChI is InChI=1S/C22H24Cl2N4O4/c1-12-5-7-28(8-6-17-20(24)32-13(2)27-17)22(31)18(12)19(29)21(30)26-11-15-9-16(23)4-3-14(15)10-25/h3-5,7,9,19,29H,6,8,10-11,25H2,1-2H3,(H,26,30). The molecule has 3 rings (SSSR count). The summed E-state index contributed by atoms with van der Waals surface area (Å²) < 4.78 is 6.60. The van der Waals surface area contributed by atoms with Crippen molar-refractivity contribution >= 4 is 29.1 Å². The molecule has 0 aliphatic carbocycles. The normalized spacial score (nSPS) is 12.1. The minimum absolute atomic E-state index is 0.0116. The molecule has 10 heteroatoms. The molecule has 1 amide bonds. The van der Waals surface area contributed by atoms with Gasteiger partial charge in [-0.05, 0) is 53.4 Å². The molecule has 1 aromatic carbocycles. The molecular formula is C22H24Cl2N4O4. The average molecular weight is 479 g/mol. The zero-order valence-corrected chi connectivity index (χ0v) is 19.2. The molecule has 170 valence electrons. The van der Waals surface area contributed by atoms with E-state index in [1.807, 2.05) is 0 Å². The molecule has 2 heterocycles. The lowest BCUT2D eigenvalue weighted by atomic mass is 10.0. The number of hydrogen-bond acceptors (Lipinski definition) is 6. The van der Waals surface area contributed by atoms with Gasteiger partial charge < -0.3 is 25.1 Å². The first-order valence-electron chi connectivity index (χ1n) is 9.96. The number of carbonyl (C=O) groups excluding carboxylic acids is 1. The van der Waals surface area contributed by atoms with E-state index in [2.05, 4.69) is 10.3 Å². The van der Waals surface area contributed by atoms with E-state index in [0.29, 0.717) is 28.6 Å². The van der Waals surface area contributed by atoms with Crippen LogP contribution >= 0.6 is 23.2 Å². The predicted octanol–water partition coefficient (Wildman–Crippen LogP) is 2.81. The van der Waals surface area contributed by atoms with E-state index in [1.165, 1.54) is 4.57 Å². The summed E-state index contributed by atoms with van der Waals surface area (Å²) in [5, 5.41) is 14.0. The summed E-state index contributed by atoms with van der Waals surface area (Å²) in [5.74, 6) is -0.257. The van der Waals surface area contributed by atoms with Gasteiger partial charge in [0.2, 0.25) is 5.22 Å². The predicted molar refractivity (Wildman–Crippen MR) is 122 cm³/mol. The lowest BCUT2D eigenvalue weighted by Crippen LogP contribution is -2.35. The van der Waals surface area contributed by atoms with Gasteiger partial charge in [-0.2, -0.15) is 0 Å². The van der Waals surface area contributed by atoms with Gasteiger partial charge in [-0.15, -0.1) is 0 Å². The van der Waals surface area contributed by atoms with Crippen molar-refractivity contribution < 1.29 is 14.3 Å². The fourth-order valence-corrected chi connectivity index (χ4v) is 3.83. The molecule has 0 aliphatic heterocycles. The first-order chi connectivity index (χ1) is 15.2. The maximum Gasteiger partial charge on any atom is 0.257 e. The molecule has 0 radical (unpaired) electrons. The lowest BCUT2D eigenvalue weighted by Gasteiger charge is -2.16. The van der Waals surface area contributed by atoms with E-state index in [1.54, 1.807) is 44.3 Å². The molecule has 32 heavy (non-hydrogen) atoms. The Morgan fingerprint density at radius 2 is 2.03 bits per heavy atom. The number of aryl methyl sites for hydroxylation is 4. The van der Waals surface area contributed by atoms with Gasteiger partial charge in [0.1, 0.15) is 5.69 Å². The van der Waals surface area contributed by atoms with Crippen LogP contribution in [-0.4, -0.2) is 20.6 Å². The number of amides is 1. The topological polar surface area (TPSA) is 123 Å². The van der Waals surface area contributed by atoms with Gasteiger partial charge in [-0.1, -0.05) is 17.7 Å². The second-order valence-corrected chi connectivity index (χ2v) is 8.13. The fourth-order valence-electron chi connectivity index (χ4n) is 3.39. The number of aliphatic hydroxyl groups excluding tert-OH is 1. The van der Waals surface area contributed by atoms with Gasteiger partial charge in [0.25, 0.3) is 11.5 Å². The number of aliphatic hydroxyl groups is 1. The summed E-state index contributed by atoms with van der Waals surface area (Å²) in [7, 11) is 0.